The first kappa shape index (κ1) is 64.0. The van der Waals surface area contributed by atoms with Crippen LogP contribution in [0, 0.1) is 11.8 Å². The molecular formula is C41H77N15O13S. The monoisotopic (exact) mass is 1020 g/mol. The SMILES string of the molecule is CC[C@H](C)[C@H](N)C(=O)N[C@@H](CCCCN)C(=O)N[C@H](C(=O)N[C@@H](CCCNC(N)=O)C(=O)N[C@@H](CO)C(=O)N[C@@H](CS)C(=O)N[C@@H](CCCN=C(N)N)C(=O)NCC(=O)N[C@@H](CO)C(=O)O)[C@@H](C)CC. The number of carbonyl (C=O) groups is 10. The number of aliphatic imine (C=N–C) groups is 1. The number of rotatable bonds is 36. The fourth-order valence-electron chi connectivity index (χ4n) is 6.24. The lowest BCUT2D eigenvalue weighted by atomic mass is 9.96. The van der Waals surface area contributed by atoms with E-state index in [4.69, 9.17) is 33.8 Å². The first-order chi connectivity index (χ1) is 33.0. The van der Waals surface area contributed by atoms with Gasteiger partial charge in [-0.15, -0.1) is 0 Å². The molecule has 0 aliphatic heterocycles. The molecule has 70 heavy (non-hydrogen) atoms. The molecule has 28 nitrogen and oxygen atoms in total. The number of nitrogens with two attached hydrogens (primary N) is 5. The van der Waals surface area contributed by atoms with Gasteiger partial charge in [-0.3, -0.25) is 43.3 Å². The molecule has 0 aliphatic carbocycles. The van der Waals surface area contributed by atoms with Gasteiger partial charge < -0.3 is 91.8 Å². The van der Waals surface area contributed by atoms with Crippen molar-refractivity contribution in [2.45, 2.75) is 134 Å². The molecule has 0 aliphatic rings. The number of hydrogen-bond donors (Lipinski definition) is 18. The molecule has 0 unspecified atom stereocenters. The molecule has 0 rings (SSSR count). The highest BCUT2D eigenvalue weighted by molar-refractivity contribution is 7.80. The summed E-state index contributed by atoms with van der Waals surface area (Å²) in [5, 5.41) is 50.2. The average Bonchev–Trinajstić information content (AvgIpc) is 3.32. The summed E-state index contributed by atoms with van der Waals surface area (Å²) in [5.74, 6) is -9.94. The molecule has 0 aromatic rings. The predicted octanol–water partition coefficient (Wildman–Crippen LogP) is -6.45. The molecule has 22 N–H and O–H groups in total. The Morgan fingerprint density at radius 1 is 0.571 bits per heavy atom. The Balaban J connectivity index is 6.38. The number of primary amides is 1. The van der Waals surface area contributed by atoms with Crippen LogP contribution in [0.1, 0.15) is 85.5 Å². The third-order valence-electron chi connectivity index (χ3n) is 11.0. The number of thiol groups is 1. The Morgan fingerprint density at radius 3 is 1.59 bits per heavy atom. The minimum atomic E-state index is -1.75. The van der Waals surface area contributed by atoms with E-state index in [-0.39, 0.29) is 62.8 Å². The highest BCUT2D eigenvalue weighted by Crippen LogP contribution is 2.13. The van der Waals surface area contributed by atoms with Gasteiger partial charge in [0.1, 0.15) is 42.3 Å². The van der Waals surface area contributed by atoms with Gasteiger partial charge in [-0.05, 0) is 63.3 Å². The molecule has 10 amide bonds. The second-order valence-corrected chi connectivity index (χ2v) is 16.8. The summed E-state index contributed by atoms with van der Waals surface area (Å²) in [4.78, 5) is 133. The summed E-state index contributed by atoms with van der Waals surface area (Å²) in [6, 6.07) is -11.9. The van der Waals surface area contributed by atoms with Crippen LogP contribution in [0.3, 0.4) is 0 Å². The number of carboxylic acids is 1. The summed E-state index contributed by atoms with van der Waals surface area (Å²) in [5.41, 5.74) is 27.7. The Hall–Kier alpha value is -6.04. The van der Waals surface area contributed by atoms with Crippen molar-refractivity contribution < 1.29 is 63.3 Å². The van der Waals surface area contributed by atoms with Crippen LogP contribution < -0.4 is 76.5 Å². The molecule has 0 radical (unpaired) electrons. The van der Waals surface area contributed by atoms with Gasteiger partial charge in [0.25, 0.3) is 0 Å². The van der Waals surface area contributed by atoms with Crippen molar-refractivity contribution in [1.29, 1.82) is 0 Å². The van der Waals surface area contributed by atoms with Crippen LogP contribution in [0.2, 0.25) is 0 Å². The van der Waals surface area contributed by atoms with Crippen molar-refractivity contribution in [3.05, 3.63) is 0 Å². The van der Waals surface area contributed by atoms with Crippen LogP contribution in [0.5, 0.6) is 0 Å². The zero-order chi connectivity index (χ0) is 53.5. The number of carbonyl (C=O) groups excluding carboxylic acids is 9. The van der Waals surface area contributed by atoms with Crippen LogP contribution in [0.15, 0.2) is 4.99 Å². The molecule has 10 atom stereocenters. The number of guanidine groups is 1. The lowest BCUT2D eigenvalue weighted by molar-refractivity contribution is -0.143. The molecule has 0 saturated carbocycles. The minimum absolute atomic E-state index is 0.0177. The number of urea groups is 1. The zero-order valence-corrected chi connectivity index (χ0v) is 41.2. The number of nitrogens with zero attached hydrogens (tertiary/aromatic N) is 1. The first-order valence-corrected chi connectivity index (χ1v) is 23.6. The Labute approximate surface area is 412 Å². The Morgan fingerprint density at radius 2 is 1.06 bits per heavy atom. The predicted molar refractivity (Wildman–Crippen MR) is 259 cm³/mol. The number of unbranched alkanes of at least 4 members (excludes halogenated alkanes) is 1. The standard InChI is InChI=1S/C41H77N15O13S/c1-5-21(3)30(43)37(65)52-24(11-7-8-14-42)34(62)56-31(22(4)6-2)38(66)53-25(13-10-16-48-41(46)69)33(61)54-26(18-57)35(63)55-28(20-70)36(64)51-23(12-9-15-47-40(44)45)32(60)49-17-29(59)50-27(19-58)39(67)68/h21-28,30-31,57-58,70H,5-20,42-43H2,1-4H3,(H,49,60)(H,50,59)(H,51,64)(H,52,65)(H,53,66)(H,54,61)(H,55,63)(H,56,62)(H,67,68)(H4,44,45,47)(H3,46,48,69)/t21-,22-,23-,24-,25-,26-,27-,28-,30-,31-/m0/s1. The molecule has 400 valence electrons. The minimum Gasteiger partial charge on any atom is -0.480 e. The van der Waals surface area contributed by atoms with Crippen molar-refractivity contribution in [3.8, 4) is 0 Å². The first-order valence-electron chi connectivity index (χ1n) is 23.0. The highest BCUT2D eigenvalue weighted by Gasteiger charge is 2.35. The van der Waals surface area contributed by atoms with Gasteiger partial charge >= 0.3 is 12.0 Å². The van der Waals surface area contributed by atoms with E-state index in [1.165, 1.54) is 0 Å². The molecule has 0 aromatic carbocycles. The van der Waals surface area contributed by atoms with Crippen LogP contribution in [0.25, 0.3) is 0 Å². The topological polar surface area (TPSA) is 482 Å². The van der Waals surface area contributed by atoms with Gasteiger partial charge in [-0.1, -0.05) is 40.5 Å². The highest BCUT2D eigenvalue weighted by atomic mass is 32.1. The number of amides is 10. The molecular weight excluding hydrogens is 943 g/mol. The normalized spacial score (nSPS) is 15.2. The van der Waals surface area contributed by atoms with Gasteiger partial charge in [0.15, 0.2) is 5.96 Å². The Kier molecular flexibility index (Phi) is 32.1. The summed E-state index contributed by atoms with van der Waals surface area (Å²) >= 11 is 4.13. The number of carboxylic acid groups (broad SMARTS) is 1. The molecule has 0 spiro atoms. The number of aliphatic hydroxyl groups is 2. The van der Waals surface area contributed by atoms with Crippen LogP contribution in [0.4, 0.5) is 4.79 Å². The lowest BCUT2D eigenvalue weighted by Gasteiger charge is -2.29. The maximum Gasteiger partial charge on any atom is 0.328 e. The Bertz CT molecular complexity index is 1760. The van der Waals surface area contributed by atoms with Gasteiger partial charge in [0.05, 0.1) is 25.8 Å². The van der Waals surface area contributed by atoms with E-state index in [0.29, 0.717) is 32.2 Å². The molecule has 0 saturated heterocycles. The largest absolute Gasteiger partial charge is 0.480 e. The van der Waals surface area contributed by atoms with E-state index in [9.17, 15) is 58.2 Å². The molecule has 0 bridgehead atoms. The van der Waals surface area contributed by atoms with Crippen molar-refractivity contribution >= 4 is 77.8 Å². The maximum atomic E-state index is 14.0. The number of aliphatic carboxylic acids is 1. The van der Waals surface area contributed by atoms with E-state index in [2.05, 4.69) is 60.2 Å². The summed E-state index contributed by atoms with van der Waals surface area (Å²) < 4.78 is 0. The van der Waals surface area contributed by atoms with Gasteiger partial charge in [-0.25, -0.2) is 9.59 Å². The third kappa shape index (κ3) is 25.0. The smallest absolute Gasteiger partial charge is 0.328 e. The fourth-order valence-corrected chi connectivity index (χ4v) is 6.50. The third-order valence-corrected chi connectivity index (χ3v) is 11.3. The number of hydrogen-bond acceptors (Lipinski definition) is 16. The van der Waals surface area contributed by atoms with Gasteiger partial charge in [-0.2, -0.15) is 12.6 Å². The maximum absolute atomic E-state index is 14.0. The second-order valence-electron chi connectivity index (χ2n) is 16.5. The van der Waals surface area contributed by atoms with E-state index >= 15 is 0 Å². The van der Waals surface area contributed by atoms with Gasteiger partial charge in [0.2, 0.25) is 47.3 Å². The van der Waals surface area contributed by atoms with Crippen LogP contribution in [-0.2, 0) is 43.2 Å². The van der Waals surface area contributed by atoms with Crippen molar-refractivity contribution in [1.82, 2.24) is 47.9 Å². The number of nitrogens with one attached hydrogen (secondary N) is 9. The van der Waals surface area contributed by atoms with E-state index in [1.807, 2.05) is 12.2 Å². The van der Waals surface area contributed by atoms with Crippen LogP contribution >= 0.6 is 12.6 Å². The van der Waals surface area contributed by atoms with Crippen LogP contribution in [-0.4, -0.2) is 174 Å². The van der Waals surface area contributed by atoms with E-state index in [1.54, 1.807) is 20.8 Å². The average molecular weight is 1020 g/mol. The second kappa shape index (κ2) is 35.1. The fraction of sp³-hybridized carbons (Fsp3) is 0.732. The molecule has 0 aromatic heterocycles. The quantitative estimate of drug-likeness (QED) is 0.0120. The van der Waals surface area contributed by atoms with E-state index < -0.39 is 133 Å². The molecule has 29 heteroatoms. The summed E-state index contributed by atoms with van der Waals surface area (Å²) in [7, 11) is 0. The summed E-state index contributed by atoms with van der Waals surface area (Å²) in [6.07, 6.45) is 2.05. The van der Waals surface area contributed by atoms with Crippen molar-refractivity contribution in [3.63, 3.8) is 0 Å². The number of aliphatic hydroxyl groups excluding tert-OH is 2. The van der Waals surface area contributed by atoms with Crippen molar-refractivity contribution in [2.24, 2.45) is 45.5 Å². The summed E-state index contributed by atoms with van der Waals surface area (Å²) in [6.45, 7) is 4.69. The van der Waals surface area contributed by atoms with Crippen molar-refractivity contribution in [2.75, 3.05) is 45.1 Å². The lowest BCUT2D eigenvalue weighted by Crippen LogP contribution is -2.61. The molecule has 0 heterocycles. The molecule has 0 fully saturated rings. The van der Waals surface area contributed by atoms with E-state index in [0.717, 1.165) is 0 Å². The van der Waals surface area contributed by atoms with Gasteiger partial charge in [0, 0.05) is 18.8 Å². The zero-order valence-electron chi connectivity index (χ0n) is 40.3.